The topological polar surface area (TPSA) is 58.6 Å². The van der Waals surface area contributed by atoms with E-state index in [1.165, 1.54) is 19.3 Å². The Labute approximate surface area is 136 Å². The van der Waals surface area contributed by atoms with Crippen molar-refractivity contribution < 1.29 is 14.3 Å². The molecule has 1 aromatic carbocycles. The lowest BCUT2D eigenvalue weighted by molar-refractivity contribution is -0.127. The van der Waals surface area contributed by atoms with Gasteiger partial charge in [0.25, 0.3) is 0 Å². The van der Waals surface area contributed by atoms with Crippen molar-refractivity contribution in [2.45, 2.75) is 31.7 Å². The Bertz CT molecular complexity index is 635. The maximum Gasteiger partial charge on any atom is 0.249 e. The van der Waals surface area contributed by atoms with Gasteiger partial charge in [0.2, 0.25) is 11.8 Å². The normalized spacial score (nSPS) is 31.9. The summed E-state index contributed by atoms with van der Waals surface area (Å²) in [5, 5.41) is 2.99. The number of rotatable bonds is 4. The molecule has 1 aliphatic heterocycles. The van der Waals surface area contributed by atoms with Gasteiger partial charge in [-0.2, -0.15) is 0 Å². The lowest BCUT2D eigenvalue weighted by Crippen LogP contribution is -2.42. The number of para-hydroxylation sites is 2. The Balaban J connectivity index is 1.42. The molecule has 4 atom stereocenters. The third-order valence-corrected chi connectivity index (χ3v) is 5.61. The van der Waals surface area contributed by atoms with Gasteiger partial charge in [-0.05, 0) is 43.2 Å². The number of hydrogen-bond acceptors (Lipinski definition) is 3. The fourth-order valence-electron chi connectivity index (χ4n) is 4.38. The van der Waals surface area contributed by atoms with Crippen LogP contribution >= 0.6 is 0 Å². The molecule has 0 bridgehead atoms. The molecular weight excluding hydrogens is 292 g/mol. The first-order valence-corrected chi connectivity index (χ1v) is 8.45. The van der Waals surface area contributed by atoms with Crippen LogP contribution in [-0.2, 0) is 9.59 Å². The van der Waals surface area contributed by atoms with E-state index in [2.05, 4.69) is 5.32 Å². The summed E-state index contributed by atoms with van der Waals surface area (Å²) in [5.41, 5.74) is 0.778. The zero-order chi connectivity index (χ0) is 16.0. The summed E-state index contributed by atoms with van der Waals surface area (Å²) in [5.74, 6) is 2.06. The molecule has 0 spiro atoms. The Morgan fingerprint density at radius 2 is 1.96 bits per heavy atom. The summed E-state index contributed by atoms with van der Waals surface area (Å²) < 4.78 is 5.34. The summed E-state index contributed by atoms with van der Waals surface area (Å²) in [6.45, 7) is 0.613. The molecule has 0 radical (unpaired) electrons. The second-order valence-corrected chi connectivity index (χ2v) is 6.80. The molecule has 1 aromatic rings. The van der Waals surface area contributed by atoms with Crippen LogP contribution in [-0.4, -0.2) is 31.5 Å². The highest BCUT2D eigenvalue weighted by Crippen LogP contribution is 2.57. The second kappa shape index (κ2) is 5.55. The van der Waals surface area contributed by atoms with E-state index in [1.54, 1.807) is 12.0 Å². The Hall–Kier alpha value is -2.04. The molecule has 0 aromatic heterocycles. The number of nitrogens with one attached hydrogen (secondary N) is 1. The molecule has 1 saturated heterocycles. The average Bonchev–Trinajstić information content (AvgIpc) is 2.89. The standard InChI is InChI=1S/C18H22N2O3/c1-23-15-8-3-2-7-14(15)20-10-9-13(18(20)22)19-17(21)16-11-5-4-6-12(11)16/h2-3,7-8,11-13,16H,4-6,9-10H2,1H3,(H,19,21)/t11-,12+,13-,16?/m1/s1. The molecular formula is C18H22N2O3. The molecule has 1 N–H and O–H groups in total. The van der Waals surface area contributed by atoms with Gasteiger partial charge in [0.15, 0.2) is 0 Å². The molecule has 2 amide bonds. The third kappa shape index (κ3) is 2.38. The van der Waals surface area contributed by atoms with E-state index in [0.717, 1.165) is 5.69 Å². The van der Waals surface area contributed by atoms with E-state index in [-0.39, 0.29) is 17.7 Å². The number of benzene rings is 1. The minimum absolute atomic E-state index is 0.0336. The largest absolute Gasteiger partial charge is 0.495 e. The van der Waals surface area contributed by atoms with Crippen molar-refractivity contribution in [3.05, 3.63) is 24.3 Å². The van der Waals surface area contributed by atoms with Gasteiger partial charge in [0, 0.05) is 12.5 Å². The van der Waals surface area contributed by atoms with Crippen molar-refractivity contribution >= 4 is 17.5 Å². The molecule has 1 unspecified atom stereocenters. The van der Waals surface area contributed by atoms with E-state index in [9.17, 15) is 9.59 Å². The Morgan fingerprint density at radius 3 is 2.70 bits per heavy atom. The molecule has 23 heavy (non-hydrogen) atoms. The van der Waals surface area contributed by atoms with Crippen LogP contribution in [0.15, 0.2) is 24.3 Å². The summed E-state index contributed by atoms with van der Waals surface area (Å²) in [6, 6.07) is 7.11. The predicted molar refractivity (Wildman–Crippen MR) is 86.2 cm³/mol. The van der Waals surface area contributed by atoms with Crippen LogP contribution in [0.3, 0.4) is 0 Å². The Morgan fingerprint density at radius 1 is 1.22 bits per heavy atom. The fourth-order valence-corrected chi connectivity index (χ4v) is 4.38. The minimum atomic E-state index is -0.395. The summed E-state index contributed by atoms with van der Waals surface area (Å²) in [7, 11) is 1.60. The van der Waals surface area contributed by atoms with E-state index in [4.69, 9.17) is 4.74 Å². The van der Waals surface area contributed by atoms with Gasteiger partial charge in [0.1, 0.15) is 11.8 Å². The van der Waals surface area contributed by atoms with Gasteiger partial charge in [0.05, 0.1) is 12.8 Å². The maximum absolute atomic E-state index is 12.7. The average molecular weight is 314 g/mol. The highest BCUT2D eigenvalue weighted by Gasteiger charge is 2.57. The molecule has 5 heteroatoms. The van der Waals surface area contributed by atoms with Crippen LogP contribution in [0.4, 0.5) is 5.69 Å². The third-order valence-electron chi connectivity index (χ3n) is 5.61. The summed E-state index contributed by atoms with van der Waals surface area (Å²) in [4.78, 5) is 26.8. The predicted octanol–water partition coefficient (Wildman–Crippen LogP) is 1.96. The van der Waals surface area contributed by atoms with Gasteiger partial charge >= 0.3 is 0 Å². The molecule has 1 heterocycles. The molecule has 4 rings (SSSR count). The quantitative estimate of drug-likeness (QED) is 0.924. The summed E-state index contributed by atoms with van der Waals surface area (Å²) >= 11 is 0. The lowest BCUT2D eigenvalue weighted by atomic mass is 10.1. The molecule has 2 aliphatic carbocycles. The van der Waals surface area contributed by atoms with Crippen molar-refractivity contribution in [3.63, 3.8) is 0 Å². The van der Waals surface area contributed by atoms with Crippen molar-refractivity contribution in [1.82, 2.24) is 5.32 Å². The molecule has 122 valence electrons. The lowest BCUT2D eigenvalue weighted by Gasteiger charge is -2.19. The number of fused-ring (bicyclic) bond motifs is 1. The van der Waals surface area contributed by atoms with E-state index in [0.29, 0.717) is 30.6 Å². The number of anilines is 1. The minimum Gasteiger partial charge on any atom is -0.495 e. The smallest absolute Gasteiger partial charge is 0.249 e. The van der Waals surface area contributed by atoms with Crippen LogP contribution in [0.25, 0.3) is 0 Å². The first-order valence-electron chi connectivity index (χ1n) is 8.45. The van der Waals surface area contributed by atoms with Crippen LogP contribution in [0.1, 0.15) is 25.7 Å². The highest BCUT2D eigenvalue weighted by molar-refractivity contribution is 6.02. The zero-order valence-corrected chi connectivity index (χ0v) is 13.3. The number of carbonyl (C=O) groups excluding carboxylic acids is 2. The number of hydrogen-bond donors (Lipinski definition) is 1. The molecule has 3 fully saturated rings. The molecule has 3 aliphatic rings. The van der Waals surface area contributed by atoms with Crippen molar-refractivity contribution in [3.8, 4) is 5.75 Å². The molecule has 5 nitrogen and oxygen atoms in total. The van der Waals surface area contributed by atoms with Crippen molar-refractivity contribution in [2.24, 2.45) is 17.8 Å². The van der Waals surface area contributed by atoms with Crippen LogP contribution < -0.4 is 15.0 Å². The van der Waals surface area contributed by atoms with Crippen LogP contribution in [0.5, 0.6) is 5.75 Å². The second-order valence-electron chi connectivity index (χ2n) is 6.80. The number of nitrogens with zero attached hydrogens (tertiary/aromatic N) is 1. The van der Waals surface area contributed by atoms with Gasteiger partial charge < -0.3 is 15.0 Å². The molecule has 2 saturated carbocycles. The van der Waals surface area contributed by atoms with Crippen molar-refractivity contribution in [1.29, 1.82) is 0 Å². The van der Waals surface area contributed by atoms with E-state index >= 15 is 0 Å². The van der Waals surface area contributed by atoms with Crippen LogP contribution in [0, 0.1) is 17.8 Å². The zero-order valence-electron chi connectivity index (χ0n) is 13.3. The fraction of sp³-hybridized carbons (Fsp3) is 0.556. The van der Waals surface area contributed by atoms with Crippen LogP contribution in [0.2, 0.25) is 0 Å². The van der Waals surface area contributed by atoms with Gasteiger partial charge in [-0.25, -0.2) is 0 Å². The van der Waals surface area contributed by atoms with Gasteiger partial charge in [-0.15, -0.1) is 0 Å². The first kappa shape index (κ1) is 14.5. The number of methoxy groups -OCH3 is 1. The summed E-state index contributed by atoms with van der Waals surface area (Å²) in [6.07, 6.45) is 4.26. The van der Waals surface area contributed by atoms with Crippen molar-refractivity contribution in [2.75, 3.05) is 18.6 Å². The first-order chi connectivity index (χ1) is 11.2. The van der Waals surface area contributed by atoms with Gasteiger partial charge in [-0.1, -0.05) is 18.6 Å². The SMILES string of the molecule is COc1ccccc1N1CC[C@@H](NC(=O)C2[C@H]3CCC[C@@H]23)C1=O. The highest BCUT2D eigenvalue weighted by atomic mass is 16.5. The number of amides is 2. The van der Waals surface area contributed by atoms with E-state index in [1.807, 2.05) is 24.3 Å². The van der Waals surface area contributed by atoms with Gasteiger partial charge in [-0.3, -0.25) is 9.59 Å². The maximum atomic E-state index is 12.7. The number of carbonyl (C=O) groups is 2. The Kier molecular flexibility index (Phi) is 3.51. The monoisotopic (exact) mass is 314 g/mol. The van der Waals surface area contributed by atoms with E-state index < -0.39 is 6.04 Å². The number of ether oxygens (including phenoxy) is 1.